The smallest absolute Gasteiger partial charge is 0.335 e. The Balaban J connectivity index is 1.68. The van der Waals surface area contributed by atoms with Crippen molar-refractivity contribution in [3.63, 3.8) is 0 Å². The molecule has 0 radical (unpaired) electrons. The Morgan fingerprint density at radius 3 is 2.65 bits per heavy atom. The SMILES string of the molecule is CN1CCC2Cn3c(c(C4CCCCC4)c4ccc(C(=O)O)cc43)-c3ccccc3C21. The zero-order valence-corrected chi connectivity index (χ0v) is 18.2. The number of hydrogen-bond acceptors (Lipinski definition) is 2. The number of carboxylic acid groups (broad SMARTS) is 1. The minimum absolute atomic E-state index is 0.389. The van der Waals surface area contributed by atoms with Crippen molar-refractivity contribution in [1.29, 1.82) is 0 Å². The first-order valence-electron chi connectivity index (χ1n) is 11.8. The Morgan fingerprint density at radius 2 is 1.84 bits per heavy atom. The maximum Gasteiger partial charge on any atom is 0.335 e. The summed E-state index contributed by atoms with van der Waals surface area (Å²) in [4.78, 5) is 14.3. The van der Waals surface area contributed by atoms with Gasteiger partial charge in [-0.25, -0.2) is 4.79 Å². The lowest BCUT2D eigenvalue weighted by Crippen LogP contribution is -2.22. The van der Waals surface area contributed by atoms with E-state index in [1.807, 2.05) is 6.07 Å². The largest absolute Gasteiger partial charge is 0.478 e. The number of aromatic carboxylic acids is 1. The normalized spacial score (nSPS) is 23.9. The third kappa shape index (κ3) is 2.88. The van der Waals surface area contributed by atoms with Crippen LogP contribution in [-0.2, 0) is 6.54 Å². The summed E-state index contributed by atoms with van der Waals surface area (Å²) in [7, 11) is 2.25. The van der Waals surface area contributed by atoms with Gasteiger partial charge < -0.3 is 9.67 Å². The van der Waals surface area contributed by atoms with Crippen molar-refractivity contribution in [1.82, 2.24) is 9.47 Å². The maximum absolute atomic E-state index is 11.8. The summed E-state index contributed by atoms with van der Waals surface area (Å²) in [6.07, 6.45) is 7.58. The molecule has 1 aliphatic carbocycles. The van der Waals surface area contributed by atoms with Crippen molar-refractivity contribution in [2.24, 2.45) is 5.92 Å². The van der Waals surface area contributed by atoms with Crippen LogP contribution in [0.5, 0.6) is 0 Å². The lowest BCUT2D eigenvalue weighted by molar-refractivity contribution is 0.0697. The fourth-order valence-corrected chi connectivity index (χ4v) is 6.71. The van der Waals surface area contributed by atoms with E-state index in [0.717, 1.165) is 18.6 Å². The van der Waals surface area contributed by atoms with Crippen LogP contribution in [-0.4, -0.2) is 34.1 Å². The van der Waals surface area contributed by atoms with Gasteiger partial charge >= 0.3 is 5.97 Å². The molecule has 1 saturated heterocycles. The second-order valence-electron chi connectivity index (χ2n) is 9.81. The van der Waals surface area contributed by atoms with Crippen molar-refractivity contribution in [2.45, 2.75) is 57.0 Å². The van der Waals surface area contributed by atoms with Crippen LogP contribution in [0.2, 0.25) is 0 Å². The highest BCUT2D eigenvalue weighted by atomic mass is 16.4. The fraction of sp³-hybridized carbons (Fsp3) is 0.444. The van der Waals surface area contributed by atoms with Crippen LogP contribution in [0.3, 0.4) is 0 Å². The number of benzene rings is 2. The third-order valence-corrected chi connectivity index (χ3v) is 8.09. The van der Waals surface area contributed by atoms with Crippen LogP contribution >= 0.6 is 0 Å². The van der Waals surface area contributed by atoms with Crippen molar-refractivity contribution >= 4 is 16.9 Å². The van der Waals surface area contributed by atoms with Crippen molar-refractivity contribution in [3.05, 3.63) is 59.2 Å². The minimum Gasteiger partial charge on any atom is -0.478 e. The molecule has 1 saturated carbocycles. The first kappa shape index (κ1) is 19.1. The predicted octanol–water partition coefficient (Wildman–Crippen LogP) is 6.06. The van der Waals surface area contributed by atoms with Crippen molar-refractivity contribution < 1.29 is 9.90 Å². The molecule has 160 valence electrons. The molecule has 3 aliphatic rings. The Bertz CT molecular complexity index is 1170. The van der Waals surface area contributed by atoms with Gasteiger partial charge in [-0.1, -0.05) is 49.6 Å². The van der Waals surface area contributed by atoms with E-state index >= 15 is 0 Å². The highest BCUT2D eigenvalue weighted by Crippen LogP contribution is 2.50. The quantitative estimate of drug-likeness (QED) is 0.554. The number of rotatable bonds is 2. The molecule has 1 aromatic heterocycles. The van der Waals surface area contributed by atoms with Gasteiger partial charge in [0.1, 0.15) is 0 Å². The predicted molar refractivity (Wildman–Crippen MR) is 124 cm³/mol. The highest BCUT2D eigenvalue weighted by Gasteiger charge is 2.39. The summed E-state index contributed by atoms with van der Waals surface area (Å²) in [5, 5.41) is 11.0. The van der Waals surface area contributed by atoms with E-state index in [0.29, 0.717) is 23.4 Å². The molecule has 4 heteroatoms. The zero-order chi connectivity index (χ0) is 21.1. The molecular formula is C27H30N2O2. The van der Waals surface area contributed by atoms with E-state index in [2.05, 4.69) is 46.8 Å². The first-order chi connectivity index (χ1) is 15.1. The first-order valence-corrected chi connectivity index (χ1v) is 11.8. The molecule has 2 atom stereocenters. The minimum atomic E-state index is -0.843. The van der Waals surface area contributed by atoms with Gasteiger partial charge in [0, 0.05) is 29.1 Å². The van der Waals surface area contributed by atoms with Crippen LogP contribution < -0.4 is 0 Å². The Labute approximate surface area is 183 Å². The topological polar surface area (TPSA) is 45.5 Å². The molecule has 3 heterocycles. The monoisotopic (exact) mass is 414 g/mol. The Morgan fingerprint density at radius 1 is 1.03 bits per heavy atom. The van der Waals surface area contributed by atoms with E-state index < -0.39 is 5.97 Å². The number of carboxylic acids is 1. The molecule has 31 heavy (non-hydrogen) atoms. The Hall–Kier alpha value is -2.59. The summed E-state index contributed by atoms with van der Waals surface area (Å²) in [6, 6.07) is 15.2. The summed E-state index contributed by atoms with van der Waals surface area (Å²) in [5.74, 6) is 0.270. The average Bonchev–Trinajstić information content (AvgIpc) is 3.27. The van der Waals surface area contributed by atoms with Gasteiger partial charge in [-0.2, -0.15) is 0 Å². The number of hydrogen-bond donors (Lipinski definition) is 1. The number of fused-ring (bicyclic) bond motifs is 7. The fourth-order valence-electron chi connectivity index (χ4n) is 6.71. The molecular weight excluding hydrogens is 384 g/mol. The number of nitrogens with zero attached hydrogens (tertiary/aromatic N) is 2. The van der Waals surface area contributed by atoms with Crippen molar-refractivity contribution in [2.75, 3.05) is 13.6 Å². The van der Waals surface area contributed by atoms with E-state index in [9.17, 15) is 9.90 Å². The molecule has 2 aromatic carbocycles. The number of likely N-dealkylation sites (tertiary alicyclic amines) is 1. The maximum atomic E-state index is 11.8. The molecule has 1 N–H and O–H groups in total. The third-order valence-electron chi connectivity index (χ3n) is 8.09. The van der Waals surface area contributed by atoms with E-state index in [1.165, 1.54) is 66.3 Å². The van der Waals surface area contributed by atoms with Gasteiger partial charge in [0.2, 0.25) is 0 Å². The standard InChI is InChI=1S/C27H30N2O2/c1-28-14-13-19-16-29-23-15-18(27(30)31)11-12-22(23)24(17-7-3-2-4-8-17)26(29)21-10-6-5-9-20(21)25(19)28/h5-6,9-12,15,17,19,25H,2-4,7-8,13-14,16H2,1H3,(H,30,31). The van der Waals surface area contributed by atoms with Gasteiger partial charge in [0.15, 0.2) is 0 Å². The molecule has 4 nitrogen and oxygen atoms in total. The molecule has 3 aromatic rings. The lowest BCUT2D eigenvalue weighted by Gasteiger charge is -2.26. The van der Waals surface area contributed by atoms with Crippen LogP contribution in [0.1, 0.15) is 72.0 Å². The van der Waals surface area contributed by atoms with Crippen LogP contribution in [0, 0.1) is 5.92 Å². The zero-order valence-electron chi connectivity index (χ0n) is 18.2. The van der Waals surface area contributed by atoms with Crippen LogP contribution in [0.25, 0.3) is 22.2 Å². The van der Waals surface area contributed by atoms with Gasteiger partial charge in [0.25, 0.3) is 0 Å². The second kappa shape index (κ2) is 7.23. The summed E-state index contributed by atoms with van der Waals surface area (Å²) in [5.41, 5.74) is 7.15. The second-order valence-corrected chi connectivity index (χ2v) is 9.81. The molecule has 2 unspecified atom stereocenters. The Kier molecular flexibility index (Phi) is 4.46. The average molecular weight is 415 g/mol. The highest BCUT2D eigenvalue weighted by molar-refractivity contribution is 5.98. The lowest BCUT2D eigenvalue weighted by atomic mass is 9.81. The van der Waals surface area contributed by atoms with E-state index in [1.54, 1.807) is 6.07 Å². The molecule has 0 amide bonds. The van der Waals surface area contributed by atoms with Crippen LogP contribution in [0.4, 0.5) is 0 Å². The summed E-state index contributed by atoms with van der Waals surface area (Å²) < 4.78 is 2.49. The number of aromatic nitrogens is 1. The number of carbonyl (C=O) groups is 1. The molecule has 2 aliphatic heterocycles. The van der Waals surface area contributed by atoms with Gasteiger partial charge in [0.05, 0.1) is 11.3 Å². The summed E-state index contributed by atoms with van der Waals surface area (Å²) >= 11 is 0. The van der Waals surface area contributed by atoms with Gasteiger partial charge in [-0.3, -0.25) is 4.90 Å². The van der Waals surface area contributed by atoms with E-state index in [4.69, 9.17) is 0 Å². The van der Waals surface area contributed by atoms with Gasteiger partial charge in [-0.05, 0) is 68.0 Å². The molecule has 0 spiro atoms. The van der Waals surface area contributed by atoms with E-state index in [-0.39, 0.29) is 0 Å². The molecule has 2 fully saturated rings. The summed E-state index contributed by atoms with van der Waals surface area (Å²) in [6.45, 7) is 2.08. The van der Waals surface area contributed by atoms with Crippen molar-refractivity contribution in [3.8, 4) is 11.3 Å². The molecule has 0 bridgehead atoms. The van der Waals surface area contributed by atoms with Gasteiger partial charge in [-0.15, -0.1) is 0 Å². The molecule has 6 rings (SSSR count). The van der Waals surface area contributed by atoms with Crippen LogP contribution in [0.15, 0.2) is 42.5 Å².